The molecule has 0 radical (unpaired) electrons. The van der Waals surface area contributed by atoms with E-state index in [0.717, 1.165) is 51.2 Å². The van der Waals surface area contributed by atoms with E-state index >= 15 is 0 Å². The van der Waals surface area contributed by atoms with Gasteiger partial charge in [-0.2, -0.15) is 0 Å². The fourth-order valence-electron chi connectivity index (χ4n) is 2.07. The molecule has 3 nitrogen and oxygen atoms in total. The first-order chi connectivity index (χ1) is 8.40. The van der Waals surface area contributed by atoms with Crippen molar-refractivity contribution >= 4 is 0 Å². The van der Waals surface area contributed by atoms with Crippen molar-refractivity contribution in [2.45, 2.75) is 31.8 Å². The minimum atomic E-state index is 0.227. The molecule has 1 saturated heterocycles. The van der Waals surface area contributed by atoms with Gasteiger partial charge in [0, 0.05) is 6.42 Å². The molecule has 1 aromatic carbocycles. The van der Waals surface area contributed by atoms with Crippen LogP contribution >= 0.6 is 0 Å². The molecular weight excluding hydrogens is 214 g/mol. The van der Waals surface area contributed by atoms with Crippen LogP contribution in [0.25, 0.3) is 0 Å². The monoisotopic (exact) mass is 235 g/mol. The highest BCUT2D eigenvalue weighted by atomic mass is 16.5. The number of aryl methyl sites for hydroxylation is 1. The second-order valence-corrected chi connectivity index (χ2v) is 4.46. The zero-order valence-corrected chi connectivity index (χ0v) is 10.2. The number of para-hydroxylation sites is 1. The first kappa shape index (κ1) is 12.4. The summed E-state index contributed by atoms with van der Waals surface area (Å²) in [6.45, 7) is 2.30. The molecule has 1 atom stereocenters. The summed E-state index contributed by atoms with van der Waals surface area (Å²) in [7, 11) is 0. The summed E-state index contributed by atoms with van der Waals surface area (Å²) in [6, 6.07) is 8.28. The minimum Gasteiger partial charge on any atom is -0.488 e. The quantitative estimate of drug-likeness (QED) is 0.768. The molecule has 1 fully saturated rings. The molecule has 0 bridgehead atoms. The summed E-state index contributed by atoms with van der Waals surface area (Å²) in [5, 5.41) is 0. The van der Waals surface area contributed by atoms with Gasteiger partial charge in [-0.1, -0.05) is 18.2 Å². The van der Waals surface area contributed by atoms with E-state index in [1.54, 1.807) is 0 Å². The molecule has 3 heteroatoms. The van der Waals surface area contributed by atoms with Crippen molar-refractivity contribution in [3.63, 3.8) is 0 Å². The Morgan fingerprint density at radius 3 is 2.94 bits per heavy atom. The van der Waals surface area contributed by atoms with Gasteiger partial charge in [0.25, 0.3) is 0 Å². The van der Waals surface area contributed by atoms with E-state index in [0.29, 0.717) is 0 Å². The van der Waals surface area contributed by atoms with Gasteiger partial charge in [0.1, 0.15) is 11.9 Å². The van der Waals surface area contributed by atoms with Crippen LogP contribution in [0.15, 0.2) is 24.3 Å². The number of benzene rings is 1. The van der Waals surface area contributed by atoms with Crippen molar-refractivity contribution in [1.29, 1.82) is 0 Å². The number of ether oxygens (including phenoxy) is 2. The van der Waals surface area contributed by atoms with Gasteiger partial charge in [0.15, 0.2) is 0 Å². The van der Waals surface area contributed by atoms with Crippen molar-refractivity contribution in [3.8, 4) is 5.75 Å². The van der Waals surface area contributed by atoms with Gasteiger partial charge >= 0.3 is 0 Å². The fourth-order valence-corrected chi connectivity index (χ4v) is 2.07. The molecule has 0 saturated carbocycles. The average Bonchev–Trinajstić information content (AvgIpc) is 2.84. The Hall–Kier alpha value is -1.06. The summed E-state index contributed by atoms with van der Waals surface area (Å²) < 4.78 is 11.3. The maximum absolute atomic E-state index is 5.98. The first-order valence-electron chi connectivity index (χ1n) is 6.42. The Balaban J connectivity index is 1.94. The lowest BCUT2D eigenvalue weighted by molar-refractivity contribution is 0.140. The molecule has 1 aromatic rings. The van der Waals surface area contributed by atoms with Gasteiger partial charge in [0.05, 0.1) is 13.2 Å². The van der Waals surface area contributed by atoms with Gasteiger partial charge < -0.3 is 15.2 Å². The predicted molar refractivity (Wildman–Crippen MR) is 68.3 cm³/mol. The molecule has 1 aliphatic heterocycles. The Kier molecular flexibility index (Phi) is 4.83. The molecule has 2 N–H and O–H groups in total. The van der Waals surface area contributed by atoms with Gasteiger partial charge in [-0.25, -0.2) is 0 Å². The number of unbranched alkanes of at least 4 members (excludes halogenated alkanes) is 1. The van der Waals surface area contributed by atoms with Crippen LogP contribution in [0.1, 0.15) is 24.8 Å². The van der Waals surface area contributed by atoms with Crippen LogP contribution in [0.4, 0.5) is 0 Å². The lowest BCUT2D eigenvalue weighted by Crippen LogP contribution is -2.16. The van der Waals surface area contributed by atoms with E-state index in [4.69, 9.17) is 15.2 Å². The SMILES string of the molecule is NCCCCc1ccccc1OC1CCOC1. The van der Waals surface area contributed by atoms with Crippen LogP contribution in [0, 0.1) is 0 Å². The van der Waals surface area contributed by atoms with Crippen LogP contribution in [-0.2, 0) is 11.2 Å². The number of hydrogen-bond acceptors (Lipinski definition) is 3. The number of rotatable bonds is 6. The molecule has 1 aliphatic rings. The minimum absolute atomic E-state index is 0.227. The van der Waals surface area contributed by atoms with Crippen molar-refractivity contribution in [1.82, 2.24) is 0 Å². The van der Waals surface area contributed by atoms with Gasteiger partial charge in [0.2, 0.25) is 0 Å². The Morgan fingerprint density at radius 1 is 1.29 bits per heavy atom. The zero-order valence-electron chi connectivity index (χ0n) is 10.2. The molecule has 1 heterocycles. The third kappa shape index (κ3) is 3.72. The zero-order chi connectivity index (χ0) is 11.9. The summed E-state index contributed by atoms with van der Waals surface area (Å²) in [6.07, 6.45) is 4.46. The van der Waals surface area contributed by atoms with Crippen molar-refractivity contribution in [2.75, 3.05) is 19.8 Å². The van der Waals surface area contributed by atoms with E-state index < -0.39 is 0 Å². The Labute approximate surface area is 103 Å². The summed E-state index contributed by atoms with van der Waals surface area (Å²) in [4.78, 5) is 0. The maximum Gasteiger partial charge on any atom is 0.124 e. The molecule has 0 aliphatic carbocycles. The van der Waals surface area contributed by atoms with Crippen molar-refractivity contribution in [2.24, 2.45) is 5.73 Å². The first-order valence-corrected chi connectivity index (χ1v) is 6.42. The number of nitrogens with two attached hydrogens (primary N) is 1. The van der Waals surface area contributed by atoms with E-state index in [9.17, 15) is 0 Å². The molecule has 2 rings (SSSR count). The van der Waals surface area contributed by atoms with Crippen LogP contribution in [0.3, 0.4) is 0 Å². The van der Waals surface area contributed by atoms with Crippen molar-refractivity contribution in [3.05, 3.63) is 29.8 Å². The highest BCUT2D eigenvalue weighted by molar-refractivity contribution is 5.33. The molecule has 0 amide bonds. The van der Waals surface area contributed by atoms with Crippen LogP contribution in [0.5, 0.6) is 5.75 Å². The molecule has 17 heavy (non-hydrogen) atoms. The average molecular weight is 235 g/mol. The highest BCUT2D eigenvalue weighted by Crippen LogP contribution is 2.23. The second-order valence-electron chi connectivity index (χ2n) is 4.46. The standard InChI is InChI=1S/C14H21NO2/c15-9-4-3-6-12-5-1-2-7-14(12)17-13-8-10-16-11-13/h1-2,5,7,13H,3-4,6,8-11,15H2. The third-order valence-electron chi connectivity index (χ3n) is 3.05. The second kappa shape index (κ2) is 6.62. The summed E-state index contributed by atoms with van der Waals surface area (Å²) in [5.41, 5.74) is 6.80. The van der Waals surface area contributed by atoms with E-state index in [1.165, 1.54) is 5.56 Å². The Morgan fingerprint density at radius 2 is 2.18 bits per heavy atom. The number of hydrogen-bond donors (Lipinski definition) is 1. The summed E-state index contributed by atoms with van der Waals surface area (Å²) >= 11 is 0. The maximum atomic E-state index is 5.98. The van der Waals surface area contributed by atoms with Gasteiger partial charge in [-0.15, -0.1) is 0 Å². The van der Waals surface area contributed by atoms with Gasteiger partial charge in [-0.3, -0.25) is 0 Å². The third-order valence-corrected chi connectivity index (χ3v) is 3.05. The van der Waals surface area contributed by atoms with E-state index in [2.05, 4.69) is 18.2 Å². The lowest BCUT2D eigenvalue weighted by Gasteiger charge is -2.15. The smallest absolute Gasteiger partial charge is 0.124 e. The lowest BCUT2D eigenvalue weighted by atomic mass is 10.1. The van der Waals surface area contributed by atoms with E-state index in [1.807, 2.05) is 6.07 Å². The summed E-state index contributed by atoms with van der Waals surface area (Å²) in [5.74, 6) is 1.01. The molecule has 1 unspecified atom stereocenters. The Bertz CT molecular complexity index is 335. The molecule has 0 aromatic heterocycles. The van der Waals surface area contributed by atoms with Crippen LogP contribution in [0.2, 0.25) is 0 Å². The fraction of sp³-hybridized carbons (Fsp3) is 0.571. The van der Waals surface area contributed by atoms with Crippen LogP contribution < -0.4 is 10.5 Å². The normalized spacial score (nSPS) is 19.5. The topological polar surface area (TPSA) is 44.5 Å². The predicted octanol–water partition coefficient (Wildman–Crippen LogP) is 2.14. The van der Waals surface area contributed by atoms with Gasteiger partial charge in [-0.05, 0) is 37.4 Å². The van der Waals surface area contributed by atoms with Crippen molar-refractivity contribution < 1.29 is 9.47 Å². The molecular formula is C14H21NO2. The largest absolute Gasteiger partial charge is 0.488 e. The molecule has 94 valence electrons. The van der Waals surface area contributed by atoms with E-state index in [-0.39, 0.29) is 6.10 Å². The highest BCUT2D eigenvalue weighted by Gasteiger charge is 2.18. The molecule has 0 spiro atoms. The van der Waals surface area contributed by atoms with Crippen LogP contribution in [-0.4, -0.2) is 25.9 Å².